The SMILES string of the molecule is COC(=O)CCC(NC(=O)[C@H](C)NC(=O)C(Cc1ccccc1)NC(=O)[C@@H](NC(=O)OC)C(C)C)B1O[C@@H]2C[C@@H]3CC(C3(C)C)[C@]2(C)O1. The van der Waals surface area contributed by atoms with Crippen molar-refractivity contribution >= 4 is 36.9 Å². The Morgan fingerprint density at radius 1 is 0.896 bits per heavy atom. The van der Waals surface area contributed by atoms with Crippen LogP contribution in [-0.4, -0.2) is 86.9 Å². The van der Waals surface area contributed by atoms with E-state index in [0.717, 1.165) is 18.4 Å². The summed E-state index contributed by atoms with van der Waals surface area (Å²) in [4.78, 5) is 64.5. The molecule has 4 fully saturated rings. The van der Waals surface area contributed by atoms with Crippen LogP contribution in [0.3, 0.4) is 0 Å². The molecule has 2 bridgehead atoms. The molecule has 3 unspecified atom stereocenters. The van der Waals surface area contributed by atoms with Crippen LogP contribution >= 0.6 is 0 Å². The summed E-state index contributed by atoms with van der Waals surface area (Å²) in [6.07, 6.45) is 1.41. The molecule has 3 saturated carbocycles. The van der Waals surface area contributed by atoms with E-state index >= 15 is 0 Å². The fraction of sp³-hybridized carbons (Fsp3) is 0.676. The second kappa shape index (κ2) is 15.3. The quantitative estimate of drug-likeness (QED) is 0.171. The Morgan fingerprint density at radius 2 is 1.58 bits per heavy atom. The molecule has 4 aliphatic rings. The Balaban J connectivity index is 1.46. The predicted octanol–water partition coefficient (Wildman–Crippen LogP) is 2.30. The molecule has 0 spiro atoms. The first-order valence-corrected chi connectivity index (χ1v) is 16.8. The molecular formula is C34H51BN4O9. The molecule has 5 rings (SSSR count). The van der Waals surface area contributed by atoms with Crippen molar-refractivity contribution in [2.45, 2.75) is 109 Å². The number of hydrogen-bond donors (Lipinski definition) is 4. The van der Waals surface area contributed by atoms with Crippen molar-refractivity contribution in [2.24, 2.45) is 23.2 Å². The molecule has 264 valence electrons. The maximum Gasteiger partial charge on any atom is 0.481 e. The molecule has 0 aromatic heterocycles. The Labute approximate surface area is 283 Å². The molecule has 13 nitrogen and oxygen atoms in total. The van der Waals surface area contributed by atoms with Crippen LogP contribution in [0, 0.1) is 23.2 Å². The summed E-state index contributed by atoms with van der Waals surface area (Å²) >= 11 is 0. The summed E-state index contributed by atoms with van der Waals surface area (Å²) < 4.78 is 22.5. The van der Waals surface area contributed by atoms with E-state index in [4.69, 9.17) is 14.0 Å². The molecule has 14 heteroatoms. The number of ether oxygens (including phenoxy) is 2. The number of esters is 1. The summed E-state index contributed by atoms with van der Waals surface area (Å²) in [7, 11) is 1.72. The van der Waals surface area contributed by atoms with Gasteiger partial charge < -0.3 is 40.0 Å². The lowest BCUT2D eigenvalue weighted by atomic mass is 9.43. The summed E-state index contributed by atoms with van der Waals surface area (Å²) in [5.74, 6) is -2.24. The van der Waals surface area contributed by atoms with E-state index in [1.807, 2.05) is 30.3 Å². The van der Waals surface area contributed by atoms with Crippen molar-refractivity contribution in [1.29, 1.82) is 0 Å². The first-order valence-electron chi connectivity index (χ1n) is 16.8. The zero-order valence-corrected chi connectivity index (χ0v) is 29.3. The third-order valence-electron chi connectivity index (χ3n) is 10.6. The highest BCUT2D eigenvalue weighted by atomic mass is 16.7. The molecule has 1 aliphatic heterocycles. The monoisotopic (exact) mass is 670 g/mol. The molecule has 8 atom stereocenters. The Kier molecular flexibility index (Phi) is 11.8. The second-order valence-corrected chi connectivity index (χ2v) is 14.4. The normalized spacial score (nSPS) is 26.1. The van der Waals surface area contributed by atoms with Gasteiger partial charge in [-0.05, 0) is 61.8 Å². The fourth-order valence-electron chi connectivity index (χ4n) is 7.45. The van der Waals surface area contributed by atoms with Crippen molar-refractivity contribution < 1.29 is 42.8 Å². The zero-order chi connectivity index (χ0) is 35.4. The molecule has 0 radical (unpaired) electrons. The fourth-order valence-corrected chi connectivity index (χ4v) is 7.45. The third-order valence-corrected chi connectivity index (χ3v) is 10.6. The topological polar surface area (TPSA) is 170 Å². The van der Waals surface area contributed by atoms with Crippen molar-refractivity contribution in [3.8, 4) is 0 Å². The van der Waals surface area contributed by atoms with Crippen LogP contribution in [0.2, 0.25) is 0 Å². The van der Waals surface area contributed by atoms with Gasteiger partial charge in [0.05, 0.1) is 31.9 Å². The minimum absolute atomic E-state index is 0.0339. The number of nitrogens with one attached hydrogen (secondary N) is 4. The molecule has 1 aromatic carbocycles. The lowest BCUT2D eigenvalue weighted by molar-refractivity contribution is -0.199. The highest BCUT2D eigenvalue weighted by Gasteiger charge is 2.68. The molecule has 4 amide bonds. The van der Waals surface area contributed by atoms with Crippen molar-refractivity contribution in [1.82, 2.24) is 21.3 Å². The number of carbonyl (C=O) groups excluding carboxylic acids is 5. The third kappa shape index (κ3) is 8.14. The summed E-state index contributed by atoms with van der Waals surface area (Å²) in [5, 5.41) is 10.9. The highest BCUT2D eigenvalue weighted by molar-refractivity contribution is 6.48. The van der Waals surface area contributed by atoms with Gasteiger partial charge in [-0.2, -0.15) is 0 Å². The van der Waals surface area contributed by atoms with Crippen LogP contribution in [0.4, 0.5) is 4.79 Å². The molecule has 4 N–H and O–H groups in total. The highest BCUT2D eigenvalue weighted by Crippen LogP contribution is 2.65. The molecule has 1 heterocycles. The number of carbonyl (C=O) groups is 5. The van der Waals surface area contributed by atoms with E-state index in [2.05, 4.69) is 46.8 Å². The van der Waals surface area contributed by atoms with E-state index in [0.29, 0.717) is 11.8 Å². The number of methoxy groups -OCH3 is 2. The minimum Gasteiger partial charge on any atom is -0.469 e. The number of hydrogen-bond acceptors (Lipinski definition) is 9. The van der Waals surface area contributed by atoms with Gasteiger partial charge in [-0.3, -0.25) is 19.2 Å². The Hall–Kier alpha value is -3.65. The van der Waals surface area contributed by atoms with E-state index in [9.17, 15) is 24.0 Å². The van der Waals surface area contributed by atoms with Crippen molar-refractivity contribution in [2.75, 3.05) is 14.2 Å². The molecule has 1 saturated heterocycles. The van der Waals surface area contributed by atoms with Gasteiger partial charge in [0.15, 0.2) is 0 Å². The lowest BCUT2D eigenvalue weighted by Gasteiger charge is -2.64. The number of rotatable bonds is 14. The molecule has 3 aliphatic carbocycles. The van der Waals surface area contributed by atoms with Crippen LogP contribution in [0.1, 0.15) is 72.8 Å². The van der Waals surface area contributed by atoms with Gasteiger partial charge in [-0.15, -0.1) is 0 Å². The van der Waals surface area contributed by atoms with Crippen LogP contribution in [0.25, 0.3) is 0 Å². The van der Waals surface area contributed by atoms with Crippen molar-refractivity contribution in [3.63, 3.8) is 0 Å². The predicted molar refractivity (Wildman–Crippen MR) is 177 cm³/mol. The van der Waals surface area contributed by atoms with Gasteiger partial charge in [0.2, 0.25) is 17.7 Å². The van der Waals surface area contributed by atoms with Crippen molar-refractivity contribution in [3.05, 3.63) is 35.9 Å². The second-order valence-electron chi connectivity index (χ2n) is 14.4. The Morgan fingerprint density at radius 3 is 2.19 bits per heavy atom. The van der Waals surface area contributed by atoms with E-state index in [-0.39, 0.29) is 36.7 Å². The van der Waals surface area contributed by atoms with E-state index in [1.165, 1.54) is 21.1 Å². The van der Waals surface area contributed by atoms with Gasteiger partial charge in [-0.1, -0.05) is 58.0 Å². The van der Waals surface area contributed by atoms with E-state index < -0.39 is 66.6 Å². The number of alkyl carbamates (subject to hydrolysis) is 1. The average Bonchev–Trinajstić information content (AvgIpc) is 3.41. The number of amides is 4. The average molecular weight is 671 g/mol. The van der Waals surface area contributed by atoms with Crippen LogP contribution in [0.15, 0.2) is 30.3 Å². The Bertz CT molecular complexity index is 1340. The summed E-state index contributed by atoms with van der Waals surface area (Å²) in [6.45, 7) is 11.6. The molecule has 1 aromatic rings. The lowest BCUT2D eigenvalue weighted by Crippen LogP contribution is -2.65. The zero-order valence-electron chi connectivity index (χ0n) is 29.3. The first kappa shape index (κ1) is 37.2. The molecular weight excluding hydrogens is 619 g/mol. The van der Waals surface area contributed by atoms with Gasteiger partial charge in [0.1, 0.15) is 18.1 Å². The van der Waals surface area contributed by atoms with Crippen LogP contribution in [-0.2, 0) is 44.4 Å². The molecule has 48 heavy (non-hydrogen) atoms. The summed E-state index contributed by atoms with van der Waals surface area (Å²) in [6, 6.07) is 6.08. The maximum atomic E-state index is 13.7. The van der Waals surface area contributed by atoms with Crippen LogP contribution < -0.4 is 21.3 Å². The van der Waals surface area contributed by atoms with Gasteiger partial charge in [-0.25, -0.2) is 4.79 Å². The van der Waals surface area contributed by atoms with Gasteiger partial charge in [0, 0.05) is 12.8 Å². The van der Waals surface area contributed by atoms with E-state index in [1.54, 1.807) is 13.8 Å². The number of benzene rings is 1. The van der Waals surface area contributed by atoms with Crippen LogP contribution in [0.5, 0.6) is 0 Å². The first-order chi connectivity index (χ1) is 22.6. The largest absolute Gasteiger partial charge is 0.481 e. The standard InChI is InChI=1S/C34H51BN4O9/c1-19(2)28(39-32(44)46-8)31(43)37-23(16-21-12-10-9-11-13-21)30(42)36-20(3)29(41)38-26(14-15-27(40)45-7)35-47-25-18-22-17-24(33(22,4)5)34(25,6)48-35/h9-13,19-20,22-26,28H,14-18H2,1-8H3,(H,36,42)(H,37,43)(H,38,41)(H,39,44)/t20-,22-,23?,24?,25+,26?,28-,34-/m0/s1. The maximum absolute atomic E-state index is 13.7. The smallest absolute Gasteiger partial charge is 0.469 e. The van der Waals surface area contributed by atoms with Gasteiger partial charge in [0.25, 0.3) is 0 Å². The minimum atomic E-state index is -1.06. The summed E-state index contributed by atoms with van der Waals surface area (Å²) in [5.41, 5.74) is 0.395. The van der Waals surface area contributed by atoms with Gasteiger partial charge >= 0.3 is 19.2 Å².